The van der Waals surface area contributed by atoms with Gasteiger partial charge in [-0.2, -0.15) is 0 Å². The van der Waals surface area contributed by atoms with Crippen molar-refractivity contribution in [3.63, 3.8) is 0 Å². The Balaban J connectivity index is 1.36. The highest BCUT2D eigenvalue weighted by Crippen LogP contribution is 2.42. The van der Waals surface area contributed by atoms with Crippen molar-refractivity contribution in [3.8, 4) is 11.1 Å². The molecule has 46 heavy (non-hydrogen) atoms. The van der Waals surface area contributed by atoms with Gasteiger partial charge in [0.1, 0.15) is 5.82 Å². The van der Waals surface area contributed by atoms with E-state index in [4.69, 9.17) is 9.40 Å². The first-order valence-corrected chi connectivity index (χ1v) is 16.5. The number of piperidine rings is 1. The van der Waals surface area contributed by atoms with Crippen LogP contribution in [0.4, 0.5) is 10.1 Å². The third kappa shape index (κ3) is 6.70. The van der Waals surface area contributed by atoms with Gasteiger partial charge in [-0.05, 0) is 90.5 Å². The summed E-state index contributed by atoms with van der Waals surface area (Å²) in [6.07, 6.45) is 4.04. The fourth-order valence-corrected chi connectivity index (χ4v) is 6.93. The summed E-state index contributed by atoms with van der Waals surface area (Å²) in [4.78, 5) is 23.1. The smallest absolute Gasteiger partial charge is 0.309 e. The average molecular weight is 625 g/mol. The van der Waals surface area contributed by atoms with Gasteiger partial charge in [-0.1, -0.05) is 45.0 Å². The molecule has 0 atom stereocenters. The third-order valence-corrected chi connectivity index (χ3v) is 9.76. The predicted octanol–water partition coefficient (Wildman–Crippen LogP) is 6.87. The number of fused-ring (bicyclic) bond motifs is 1. The standard InChI is InChI=1S/C37H45FN6O2/c1-7-31-24(3)40-32(20-39-35(45)36-42-41-25(4)46-36)33(34(31)44-16-13-37(5,6)14-17-44)27-8-9-29-22-43(15-12-26(29)19-27)21-28-10-11-30(38)18-23(28)2/h8-11,18-19H,7,12-17,20-22H2,1-6H3,(H,39,45). The van der Waals surface area contributed by atoms with Crippen molar-refractivity contribution < 1.29 is 13.6 Å². The van der Waals surface area contributed by atoms with Gasteiger partial charge in [-0.25, -0.2) is 4.39 Å². The van der Waals surface area contributed by atoms with Gasteiger partial charge < -0.3 is 14.6 Å². The normalized spacial score (nSPS) is 16.4. The number of carbonyl (C=O) groups is 1. The molecule has 0 aliphatic carbocycles. The van der Waals surface area contributed by atoms with E-state index in [1.807, 2.05) is 13.0 Å². The Labute approximate surface area is 271 Å². The maximum absolute atomic E-state index is 13.7. The van der Waals surface area contributed by atoms with Crippen LogP contribution in [0.15, 0.2) is 40.8 Å². The van der Waals surface area contributed by atoms with Crippen LogP contribution < -0.4 is 10.2 Å². The minimum absolute atomic E-state index is 0.0476. The van der Waals surface area contributed by atoms with Gasteiger partial charge in [0.2, 0.25) is 5.89 Å². The SMILES string of the molecule is CCc1c(C)nc(CNC(=O)c2nnc(C)o2)c(-c2ccc3c(c2)CCN(Cc2ccc(F)cc2C)C3)c1N1CCC(C)(C)CC1. The number of halogens is 1. The van der Waals surface area contributed by atoms with Gasteiger partial charge in [0.05, 0.1) is 17.9 Å². The number of hydrogen-bond donors (Lipinski definition) is 1. The lowest BCUT2D eigenvalue weighted by Crippen LogP contribution is -2.38. The second-order valence-corrected chi connectivity index (χ2v) is 13.7. The summed E-state index contributed by atoms with van der Waals surface area (Å²) in [5.74, 6) is -0.295. The monoisotopic (exact) mass is 624 g/mol. The van der Waals surface area contributed by atoms with Crippen LogP contribution in [0.1, 0.15) is 89.4 Å². The molecule has 8 nitrogen and oxygen atoms in total. The highest BCUT2D eigenvalue weighted by Gasteiger charge is 2.30. The number of amides is 1. The molecule has 2 aromatic carbocycles. The van der Waals surface area contributed by atoms with Gasteiger partial charge in [0, 0.05) is 50.9 Å². The van der Waals surface area contributed by atoms with Crippen LogP contribution in [0.3, 0.4) is 0 Å². The number of carbonyl (C=O) groups excluding carboxylic acids is 1. The van der Waals surface area contributed by atoms with E-state index in [9.17, 15) is 9.18 Å². The molecular formula is C37H45FN6O2. The fourth-order valence-electron chi connectivity index (χ4n) is 6.93. The number of pyridine rings is 1. The molecule has 0 unspecified atom stereocenters. The quantitative estimate of drug-likeness (QED) is 0.229. The lowest BCUT2D eigenvalue weighted by molar-refractivity contribution is 0.0914. The van der Waals surface area contributed by atoms with Crippen molar-refractivity contribution in [2.24, 2.45) is 5.41 Å². The van der Waals surface area contributed by atoms with Crippen LogP contribution in [0.2, 0.25) is 0 Å². The number of benzene rings is 2. The summed E-state index contributed by atoms with van der Waals surface area (Å²) in [5, 5.41) is 10.7. The number of nitrogens with zero attached hydrogens (tertiary/aromatic N) is 5. The summed E-state index contributed by atoms with van der Waals surface area (Å²) in [5.41, 5.74) is 11.7. The molecule has 0 bridgehead atoms. The maximum Gasteiger partial charge on any atom is 0.309 e. The second-order valence-electron chi connectivity index (χ2n) is 13.7. The molecule has 0 radical (unpaired) electrons. The van der Waals surface area contributed by atoms with Crippen molar-refractivity contribution in [3.05, 3.63) is 93.2 Å². The molecule has 2 aliphatic heterocycles. The summed E-state index contributed by atoms with van der Waals surface area (Å²) < 4.78 is 19.1. The number of nitrogens with one attached hydrogen (secondary N) is 1. The number of rotatable bonds is 8. The number of anilines is 1. The summed E-state index contributed by atoms with van der Waals surface area (Å²) in [6.45, 7) is 17.4. The molecule has 0 saturated carbocycles. The second kappa shape index (κ2) is 12.9. The highest BCUT2D eigenvalue weighted by atomic mass is 19.1. The first-order valence-electron chi connectivity index (χ1n) is 16.5. The average Bonchev–Trinajstić information content (AvgIpc) is 3.47. The van der Waals surface area contributed by atoms with E-state index < -0.39 is 5.91 Å². The molecule has 1 fully saturated rings. The lowest BCUT2D eigenvalue weighted by Gasteiger charge is -2.40. The van der Waals surface area contributed by atoms with Gasteiger partial charge in [-0.3, -0.25) is 14.7 Å². The Kier molecular flexibility index (Phi) is 8.97. The van der Waals surface area contributed by atoms with Gasteiger partial charge in [0.25, 0.3) is 0 Å². The van der Waals surface area contributed by atoms with Crippen LogP contribution >= 0.6 is 0 Å². The molecule has 0 spiro atoms. The van der Waals surface area contributed by atoms with Crippen LogP contribution in [0.25, 0.3) is 11.1 Å². The maximum atomic E-state index is 13.7. The highest BCUT2D eigenvalue weighted by molar-refractivity contribution is 5.90. The van der Waals surface area contributed by atoms with Gasteiger partial charge in [-0.15, -0.1) is 10.2 Å². The van der Waals surface area contributed by atoms with Crippen molar-refractivity contribution >= 4 is 11.6 Å². The first-order chi connectivity index (χ1) is 22.0. The molecular weight excluding hydrogens is 579 g/mol. The lowest BCUT2D eigenvalue weighted by atomic mass is 9.81. The molecule has 1 saturated heterocycles. The van der Waals surface area contributed by atoms with Gasteiger partial charge >= 0.3 is 11.8 Å². The van der Waals surface area contributed by atoms with Crippen molar-refractivity contribution in [1.82, 2.24) is 25.4 Å². The fraction of sp³-hybridized carbons (Fsp3) is 0.459. The molecule has 242 valence electrons. The van der Waals surface area contributed by atoms with E-state index in [-0.39, 0.29) is 18.3 Å². The molecule has 2 aromatic heterocycles. The third-order valence-electron chi connectivity index (χ3n) is 9.76. The molecule has 9 heteroatoms. The van der Waals surface area contributed by atoms with E-state index in [1.54, 1.807) is 19.1 Å². The van der Waals surface area contributed by atoms with E-state index in [2.05, 4.69) is 71.2 Å². The molecule has 4 aromatic rings. The minimum Gasteiger partial charge on any atom is -0.417 e. The van der Waals surface area contributed by atoms with Crippen LogP contribution in [0.5, 0.6) is 0 Å². The molecule has 6 rings (SSSR count). The van der Waals surface area contributed by atoms with E-state index in [1.165, 1.54) is 22.4 Å². The largest absolute Gasteiger partial charge is 0.417 e. The van der Waals surface area contributed by atoms with E-state index in [0.717, 1.165) is 92.0 Å². The van der Waals surface area contributed by atoms with Crippen molar-refractivity contribution in [2.45, 2.75) is 86.9 Å². The van der Waals surface area contributed by atoms with E-state index in [0.29, 0.717) is 11.3 Å². The van der Waals surface area contributed by atoms with Crippen LogP contribution in [-0.2, 0) is 32.5 Å². The van der Waals surface area contributed by atoms with Crippen LogP contribution in [0, 0.1) is 32.0 Å². The molecule has 1 N–H and O–H groups in total. The number of aryl methyl sites for hydroxylation is 3. The van der Waals surface area contributed by atoms with E-state index >= 15 is 0 Å². The Morgan fingerprint density at radius 3 is 2.50 bits per heavy atom. The predicted molar refractivity (Wildman–Crippen MR) is 178 cm³/mol. The minimum atomic E-state index is -0.409. The Bertz CT molecular complexity index is 1750. The summed E-state index contributed by atoms with van der Waals surface area (Å²) in [6, 6.07) is 11.9. The number of hydrogen-bond acceptors (Lipinski definition) is 7. The number of aromatic nitrogens is 3. The van der Waals surface area contributed by atoms with Crippen LogP contribution in [-0.4, -0.2) is 45.6 Å². The zero-order valence-corrected chi connectivity index (χ0v) is 28.0. The van der Waals surface area contributed by atoms with Crippen molar-refractivity contribution in [2.75, 3.05) is 24.5 Å². The first kappa shape index (κ1) is 31.9. The summed E-state index contributed by atoms with van der Waals surface area (Å²) in [7, 11) is 0. The Morgan fingerprint density at radius 2 is 1.80 bits per heavy atom. The zero-order valence-electron chi connectivity index (χ0n) is 28.0. The Morgan fingerprint density at radius 1 is 1.02 bits per heavy atom. The molecule has 2 aliphatic rings. The van der Waals surface area contributed by atoms with Crippen molar-refractivity contribution in [1.29, 1.82) is 0 Å². The topological polar surface area (TPSA) is 87.4 Å². The molecule has 1 amide bonds. The Hall–Kier alpha value is -4.11. The van der Waals surface area contributed by atoms with Gasteiger partial charge in [0.15, 0.2) is 0 Å². The summed E-state index contributed by atoms with van der Waals surface area (Å²) >= 11 is 0. The zero-order chi connectivity index (χ0) is 32.6. The molecule has 4 heterocycles.